The van der Waals surface area contributed by atoms with E-state index in [0.717, 1.165) is 19.4 Å². The maximum Gasteiger partial charge on any atom is 0.306 e. The Bertz CT molecular complexity index is 288. The van der Waals surface area contributed by atoms with Crippen LogP contribution in [0.3, 0.4) is 0 Å². The highest BCUT2D eigenvalue weighted by Crippen LogP contribution is 2.14. The van der Waals surface area contributed by atoms with Crippen LogP contribution in [0.1, 0.15) is 110 Å². The Balaban J connectivity index is 1.72. The Labute approximate surface area is 150 Å². The van der Waals surface area contributed by atoms with Crippen LogP contribution in [-0.2, 0) is 9.53 Å². The summed E-state index contributed by atoms with van der Waals surface area (Å²) in [6.45, 7) is 5.04. The zero-order valence-electron chi connectivity index (χ0n) is 16.0. The largest absolute Gasteiger partial charge is 0.461 e. The highest BCUT2D eigenvalue weighted by molar-refractivity contribution is 5.69. The van der Waals surface area contributed by atoms with Gasteiger partial charge in [0.05, 0.1) is 0 Å². The van der Waals surface area contributed by atoms with Gasteiger partial charge in [-0.2, -0.15) is 0 Å². The highest BCUT2D eigenvalue weighted by Gasteiger charge is 2.18. The number of ether oxygens (including phenoxy) is 1. The summed E-state index contributed by atoms with van der Waals surface area (Å²) < 4.78 is 5.39. The summed E-state index contributed by atoms with van der Waals surface area (Å²) in [6.07, 6.45) is 20.3. The van der Waals surface area contributed by atoms with Gasteiger partial charge in [0.1, 0.15) is 6.10 Å². The second-order valence-corrected chi connectivity index (χ2v) is 7.31. The molecule has 1 rings (SSSR count). The number of nitrogens with one attached hydrogen (secondary N) is 1. The Morgan fingerprint density at radius 3 is 1.83 bits per heavy atom. The maximum absolute atomic E-state index is 11.7. The summed E-state index contributed by atoms with van der Waals surface area (Å²) in [6, 6.07) is 0. The van der Waals surface area contributed by atoms with E-state index in [1.807, 2.05) is 6.54 Å². The third-order valence-electron chi connectivity index (χ3n) is 4.90. The van der Waals surface area contributed by atoms with Gasteiger partial charge >= 0.3 is 5.97 Å². The van der Waals surface area contributed by atoms with E-state index < -0.39 is 0 Å². The van der Waals surface area contributed by atoms with Crippen LogP contribution in [0.15, 0.2) is 0 Å². The number of unbranched alkanes of at least 4 members (excludes halogenated alkanes) is 13. The third kappa shape index (κ3) is 12.8. The first-order valence-electron chi connectivity index (χ1n) is 10.6. The lowest BCUT2D eigenvalue weighted by Gasteiger charge is -2.10. The topological polar surface area (TPSA) is 38.3 Å². The molecule has 1 radical (unpaired) electrons. The molecular weight excluding hydrogens is 298 g/mol. The second-order valence-electron chi connectivity index (χ2n) is 7.31. The van der Waals surface area contributed by atoms with Gasteiger partial charge in [0.25, 0.3) is 0 Å². The molecule has 1 fully saturated rings. The van der Waals surface area contributed by atoms with E-state index in [9.17, 15) is 4.79 Å². The number of hydrogen-bond acceptors (Lipinski definition) is 3. The van der Waals surface area contributed by atoms with E-state index in [2.05, 4.69) is 12.2 Å². The summed E-state index contributed by atoms with van der Waals surface area (Å²) in [5.41, 5.74) is 0. The Kier molecular flexibility index (Phi) is 14.3. The van der Waals surface area contributed by atoms with Gasteiger partial charge in [-0.25, -0.2) is 0 Å². The summed E-state index contributed by atoms with van der Waals surface area (Å²) in [5.74, 6) is -0.0176. The molecule has 0 bridgehead atoms. The molecule has 1 aliphatic heterocycles. The molecule has 1 atom stereocenters. The van der Waals surface area contributed by atoms with Crippen LogP contribution in [0.25, 0.3) is 0 Å². The third-order valence-corrected chi connectivity index (χ3v) is 4.90. The minimum Gasteiger partial charge on any atom is -0.461 e. The number of carbonyl (C=O) groups is 1. The van der Waals surface area contributed by atoms with E-state index in [-0.39, 0.29) is 12.1 Å². The summed E-state index contributed by atoms with van der Waals surface area (Å²) in [5, 5.41) is 3.10. The molecule has 3 nitrogen and oxygen atoms in total. The van der Waals surface area contributed by atoms with Crippen LogP contribution < -0.4 is 5.32 Å². The van der Waals surface area contributed by atoms with Crippen molar-refractivity contribution < 1.29 is 9.53 Å². The molecule has 1 aliphatic rings. The van der Waals surface area contributed by atoms with E-state index in [1.54, 1.807) is 0 Å². The van der Waals surface area contributed by atoms with Crippen molar-refractivity contribution in [1.82, 2.24) is 5.32 Å². The van der Waals surface area contributed by atoms with Crippen molar-refractivity contribution in [2.45, 2.75) is 116 Å². The van der Waals surface area contributed by atoms with Crippen LogP contribution in [0.4, 0.5) is 0 Å². The van der Waals surface area contributed by atoms with Gasteiger partial charge in [-0.15, -0.1) is 0 Å². The smallest absolute Gasteiger partial charge is 0.306 e. The minimum atomic E-state index is -0.0176. The molecule has 0 aromatic heterocycles. The first kappa shape index (κ1) is 21.5. The van der Waals surface area contributed by atoms with Crippen LogP contribution in [0, 0.1) is 6.54 Å². The number of esters is 1. The van der Waals surface area contributed by atoms with Crippen molar-refractivity contribution in [2.75, 3.05) is 6.54 Å². The maximum atomic E-state index is 11.7. The van der Waals surface area contributed by atoms with Crippen molar-refractivity contribution in [1.29, 1.82) is 0 Å². The molecule has 1 saturated heterocycles. The average Bonchev–Trinajstić information content (AvgIpc) is 3.08. The van der Waals surface area contributed by atoms with E-state index in [4.69, 9.17) is 4.74 Å². The zero-order chi connectivity index (χ0) is 17.3. The summed E-state index contributed by atoms with van der Waals surface area (Å²) in [7, 11) is 0. The first-order chi connectivity index (χ1) is 11.8. The average molecular weight is 339 g/mol. The molecule has 0 aromatic carbocycles. The van der Waals surface area contributed by atoms with Crippen molar-refractivity contribution in [3.8, 4) is 0 Å². The van der Waals surface area contributed by atoms with Crippen LogP contribution in [0.5, 0.6) is 0 Å². The molecule has 1 N–H and O–H groups in total. The van der Waals surface area contributed by atoms with Crippen molar-refractivity contribution >= 4 is 5.97 Å². The molecule has 0 saturated carbocycles. The second kappa shape index (κ2) is 15.9. The lowest BCUT2D eigenvalue weighted by atomic mass is 10.0. The fraction of sp³-hybridized carbons (Fsp3) is 0.905. The van der Waals surface area contributed by atoms with Crippen molar-refractivity contribution in [3.63, 3.8) is 0 Å². The molecule has 0 amide bonds. The minimum absolute atomic E-state index is 0.0176. The van der Waals surface area contributed by atoms with Crippen LogP contribution in [0.2, 0.25) is 0 Å². The van der Waals surface area contributed by atoms with E-state index in [0.29, 0.717) is 6.42 Å². The normalized spacial score (nSPS) is 17.3. The molecule has 1 heterocycles. The van der Waals surface area contributed by atoms with Gasteiger partial charge in [-0.1, -0.05) is 90.4 Å². The number of rotatable bonds is 16. The number of carbonyl (C=O) groups excluding carboxylic acids is 1. The molecule has 141 valence electrons. The van der Waals surface area contributed by atoms with Crippen LogP contribution >= 0.6 is 0 Å². The first-order valence-corrected chi connectivity index (χ1v) is 10.6. The predicted molar refractivity (Wildman–Crippen MR) is 102 cm³/mol. The highest BCUT2D eigenvalue weighted by atomic mass is 16.5. The summed E-state index contributed by atoms with van der Waals surface area (Å²) in [4.78, 5) is 11.7. The Hall–Kier alpha value is -0.570. The Morgan fingerprint density at radius 2 is 1.38 bits per heavy atom. The van der Waals surface area contributed by atoms with Gasteiger partial charge in [0.15, 0.2) is 0 Å². The standard InChI is InChI=1S/C21H40NO2/c1-2-3-4-5-6-7-8-9-10-11-12-13-14-15-16-21(23)24-20-17-18-22-19-20/h18,20,22H,2-17,19H2,1H3. The van der Waals surface area contributed by atoms with Gasteiger partial charge < -0.3 is 10.1 Å². The summed E-state index contributed by atoms with van der Waals surface area (Å²) >= 11 is 0. The van der Waals surface area contributed by atoms with Crippen LogP contribution in [-0.4, -0.2) is 18.6 Å². The molecule has 0 spiro atoms. The van der Waals surface area contributed by atoms with Gasteiger partial charge in [0, 0.05) is 25.9 Å². The van der Waals surface area contributed by atoms with Gasteiger partial charge in [0.2, 0.25) is 0 Å². The molecule has 0 aliphatic carbocycles. The molecule has 24 heavy (non-hydrogen) atoms. The molecule has 3 heteroatoms. The van der Waals surface area contributed by atoms with Gasteiger partial charge in [-0.05, 0) is 6.42 Å². The monoisotopic (exact) mass is 338 g/mol. The number of hydrogen-bond donors (Lipinski definition) is 1. The SMILES string of the molecule is CCCCCCCCCCCCCCCCC(=O)OC1C[CH]NC1. The fourth-order valence-electron chi connectivity index (χ4n) is 3.31. The molecular formula is C21H40NO2. The van der Waals surface area contributed by atoms with Gasteiger partial charge in [-0.3, -0.25) is 4.79 Å². The predicted octanol–water partition coefficient (Wildman–Crippen LogP) is 5.92. The zero-order valence-corrected chi connectivity index (χ0v) is 16.0. The quantitative estimate of drug-likeness (QED) is 0.280. The lowest BCUT2D eigenvalue weighted by Crippen LogP contribution is -2.20. The van der Waals surface area contributed by atoms with E-state index >= 15 is 0 Å². The fourth-order valence-corrected chi connectivity index (χ4v) is 3.31. The molecule has 0 aromatic rings. The van der Waals surface area contributed by atoms with Crippen molar-refractivity contribution in [3.05, 3.63) is 6.54 Å². The van der Waals surface area contributed by atoms with Crippen molar-refractivity contribution in [2.24, 2.45) is 0 Å². The Morgan fingerprint density at radius 1 is 0.875 bits per heavy atom. The van der Waals surface area contributed by atoms with E-state index in [1.165, 1.54) is 83.5 Å². The molecule has 1 unspecified atom stereocenters. The lowest BCUT2D eigenvalue weighted by molar-refractivity contribution is -0.148.